The summed E-state index contributed by atoms with van der Waals surface area (Å²) >= 11 is 0. The molecule has 0 bridgehead atoms. The average Bonchev–Trinajstić information content (AvgIpc) is 1.54. The first-order valence-corrected chi connectivity index (χ1v) is 30.5. The molecule has 15 aromatic rings. The molecule has 0 unspecified atom stereocenters. The van der Waals surface area contributed by atoms with E-state index in [4.69, 9.17) is 0 Å². The van der Waals surface area contributed by atoms with Gasteiger partial charge in [-0.25, -0.2) is 0 Å². The lowest BCUT2D eigenvalue weighted by Gasteiger charge is -2.31. The van der Waals surface area contributed by atoms with E-state index in [9.17, 15) is 0 Å². The maximum Gasteiger partial charge on any atom is 0.0641 e. The quantitative estimate of drug-likeness (QED) is 0.151. The third-order valence-corrected chi connectivity index (χ3v) is 19.3. The Morgan fingerprint density at radius 2 is 0.702 bits per heavy atom. The van der Waals surface area contributed by atoms with Crippen molar-refractivity contribution in [1.82, 2.24) is 8.80 Å². The number of aryl methyl sites for hydroxylation is 4. The van der Waals surface area contributed by atoms with Crippen LogP contribution >= 0.6 is 0 Å². The molecule has 0 radical (unpaired) electrons. The fraction of sp³-hybridized carbons (Fsp3) is 0.175. The first-order valence-electron chi connectivity index (χ1n) is 30.5. The lowest BCUT2D eigenvalue weighted by molar-refractivity contribution is 0.590. The highest BCUT2D eigenvalue weighted by atomic mass is 15.2. The Morgan fingerprint density at radius 3 is 1.13 bits per heavy atom. The van der Waals surface area contributed by atoms with Gasteiger partial charge in [0.2, 0.25) is 0 Å². The molecule has 17 rings (SSSR count). The van der Waals surface area contributed by atoms with E-state index in [2.05, 4.69) is 279 Å². The molecule has 4 heteroatoms. The fourth-order valence-corrected chi connectivity index (χ4v) is 15.1. The van der Waals surface area contributed by atoms with Crippen LogP contribution in [-0.4, -0.2) is 8.80 Å². The summed E-state index contributed by atoms with van der Waals surface area (Å²) in [6.45, 7) is 13.9. The van der Waals surface area contributed by atoms with Gasteiger partial charge in [-0.15, -0.1) is 0 Å². The zero-order valence-electron chi connectivity index (χ0n) is 48.8. The van der Waals surface area contributed by atoms with Gasteiger partial charge in [-0.05, 0) is 179 Å². The maximum absolute atomic E-state index is 2.60. The highest BCUT2D eigenvalue weighted by Gasteiger charge is 2.31. The molecule has 4 nitrogen and oxygen atoms in total. The Bertz CT molecular complexity index is 4830. The van der Waals surface area contributed by atoms with Crippen LogP contribution in [0.1, 0.15) is 87.8 Å². The number of hydrogen-bond acceptors (Lipinski definition) is 2. The van der Waals surface area contributed by atoms with Crippen molar-refractivity contribution in [2.24, 2.45) is 0 Å². The molecule has 4 heterocycles. The minimum absolute atomic E-state index is 0.0247. The second-order valence-corrected chi connectivity index (χ2v) is 26.3. The number of para-hydroxylation sites is 2. The van der Waals surface area contributed by atoms with Gasteiger partial charge in [0.1, 0.15) is 0 Å². The molecule has 0 saturated heterocycles. The van der Waals surface area contributed by atoms with Crippen LogP contribution in [0.4, 0.5) is 34.1 Å². The number of hydrogen-bond donors (Lipinski definition) is 0. The third-order valence-electron chi connectivity index (χ3n) is 19.3. The molecule has 0 spiro atoms. The Morgan fingerprint density at radius 1 is 0.310 bits per heavy atom. The summed E-state index contributed by atoms with van der Waals surface area (Å²) in [6, 6.07) is 84.2. The Balaban J connectivity index is 0.931. The molecule has 0 aliphatic heterocycles. The molecule has 4 aromatic heterocycles. The number of anilines is 6. The molecular formula is C80H66N4. The molecule has 0 saturated carbocycles. The minimum Gasteiger partial charge on any atom is -0.309 e. The first kappa shape index (κ1) is 49.2. The van der Waals surface area contributed by atoms with Crippen LogP contribution in [0, 0.1) is 0 Å². The SMILES string of the molecule is CC(C)(C)c1ccc(N(c2ccc3c(c2)CCC3)c2ccc3c4cc5c(cc4n4c6ccccc6c2c34)c2ccc(N(c3ccc4c(c3)CCC4)c3ccc(C(C)(C)C)cc3-c3ccccc3)c3c4ccccc4n5c23)c(-c2ccccc2)c1. The van der Waals surface area contributed by atoms with E-state index in [1.807, 2.05) is 0 Å². The van der Waals surface area contributed by atoms with Crippen molar-refractivity contribution in [3.8, 4) is 22.3 Å². The predicted molar refractivity (Wildman–Crippen MR) is 357 cm³/mol. The normalized spacial score (nSPS) is 13.8. The van der Waals surface area contributed by atoms with Crippen LogP contribution in [0.2, 0.25) is 0 Å². The summed E-state index contributed by atoms with van der Waals surface area (Å²) in [5, 5.41) is 10.1. The lowest BCUT2D eigenvalue weighted by atomic mass is 9.84. The van der Waals surface area contributed by atoms with Gasteiger partial charge < -0.3 is 18.6 Å². The molecule has 11 aromatic carbocycles. The van der Waals surface area contributed by atoms with Gasteiger partial charge in [0, 0.05) is 65.6 Å². The summed E-state index contributed by atoms with van der Waals surface area (Å²) < 4.78 is 5.19. The van der Waals surface area contributed by atoms with Crippen molar-refractivity contribution in [1.29, 1.82) is 0 Å². The van der Waals surface area contributed by atoms with Crippen LogP contribution < -0.4 is 9.80 Å². The van der Waals surface area contributed by atoms with Gasteiger partial charge in [0.15, 0.2) is 0 Å². The van der Waals surface area contributed by atoms with Crippen molar-refractivity contribution in [2.45, 2.75) is 90.9 Å². The molecule has 2 aliphatic carbocycles. The number of nitrogens with zero attached hydrogens (tertiary/aromatic N) is 4. The molecule has 406 valence electrons. The summed E-state index contributed by atoms with van der Waals surface area (Å²) in [4.78, 5) is 5.19. The van der Waals surface area contributed by atoms with Gasteiger partial charge >= 0.3 is 0 Å². The van der Waals surface area contributed by atoms with Gasteiger partial charge in [0.05, 0.1) is 55.8 Å². The maximum atomic E-state index is 2.60. The van der Waals surface area contributed by atoms with E-state index in [1.54, 1.807) is 0 Å². The van der Waals surface area contributed by atoms with E-state index in [1.165, 1.54) is 179 Å². The van der Waals surface area contributed by atoms with Crippen LogP contribution in [-0.2, 0) is 36.5 Å². The summed E-state index contributed by atoms with van der Waals surface area (Å²) in [5.74, 6) is 0. The molecule has 84 heavy (non-hydrogen) atoms. The van der Waals surface area contributed by atoms with E-state index in [0.29, 0.717) is 0 Å². The highest BCUT2D eigenvalue weighted by Crippen LogP contribution is 2.54. The van der Waals surface area contributed by atoms with Gasteiger partial charge in [-0.3, -0.25) is 0 Å². The highest BCUT2D eigenvalue weighted by molar-refractivity contribution is 6.32. The predicted octanol–water partition coefficient (Wildman–Crippen LogP) is 21.8. The average molecular weight is 1080 g/mol. The molecule has 0 amide bonds. The topological polar surface area (TPSA) is 15.3 Å². The standard InChI is InChI=1S/C80H66N4/c1-79(2,3)55-33-39-69(63(45-55)51-19-9-7-10-20-51)81(57-35-31-49-23-17-25-53(49)43-57)71-41-37-59-65-47-74-66(48-73(65)83-67-29-15-13-27-61(67)75(71)77(59)83)60-38-42-72(76-62-28-14-16-30-68(62)84(74)78(60)76)82(58-36-32-50-24-18-26-54(50)44-58)70-40-34-56(80(4,5)6)46-64(70)52-21-11-8-12-22-52/h7-16,19-22,27-48H,17-18,23-26H2,1-6H3. The zero-order valence-corrected chi connectivity index (χ0v) is 48.8. The summed E-state index contributed by atoms with van der Waals surface area (Å²) in [5.41, 5.74) is 28.0. The third kappa shape index (κ3) is 7.25. The molecule has 0 N–H and O–H groups in total. The second-order valence-electron chi connectivity index (χ2n) is 26.3. The Hall–Kier alpha value is -9.38. The van der Waals surface area contributed by atoms with E-state index < -0.39 is 0 Å². The van der Waals surface area contributed by atoms with E-state index in [0.717, 1.165) is 25.7 Å². The summed E-state index contributed by atoms with van der Waals surface area (Å²) in [6.07, 6.45) is 6.92. The number of fused-ring (bicyclic) bond motifs is 14. The minimum atomic E-state index is -0.0247. The van der Waals surface area contributed by atoms with E-state index >= 15 is 0 Å². The molecule has 0 atom stereocenters. The first-order chi connectivity index (χ1) is 40.9. The number of benzene rings is 11. The Kier molecular flexibility index (Phi) is 10.6. The molecule has 2 aliphatic rings. The van der Waals surface area contributed by atoms with Crippen LogP contribution in [0.5, 0.6) is 0 Å². The molecule has 0 fully saturated rings. The van der Waals surface area contributed by atoms with E-state index in [-0.39, 0.29) is 10.8 Å². The largest absolute Gasteiger partial charge is 0.309 e. The van der Waals surface area contributed by atoms with Crippen molar-refractivity contribution >= 4 is 110 Å². The van der Waals surface area contributed by atoms with Crippen LogP contribution in [0.25, 0.3) is 98.4 Å². The zero-order chi connectivity index (χ0) is 56.3. The smallest absolute Gasteiger partial charge is 0.0641 e. The summed E-state index contributed by atoms with van der Waals surface area (Å²) in [7, 11) is 0. The van der Waals surface area contributed by atoms with Crippen LogP contribution in [0.15, 0.2) is 218 Å². The van der Waals surface area contributed by atoms with Gasteiger partial charge in [0.25, 0.3) is 0 Å². The van der Waals surface area contributed by atoms with Crippen LogP contribution in [0.3, 0.4) is 0 Å². The van der Waals surface area contributed by atoms with Gasteiger partial charge in [-0.1, -0.05) is 175 Å². The lowest BCUT2D eigenvalue weighted by Crippen LogP contribution is -2.15. The van der Waals surface area contributed by atoms with Crippen molar-refractivity contribution in [2.75, 3.05) is 9.80 Å². The van der Waals surface area contributed by atoms with Gasteiger partial charge in [-0.2, -0.15) is 0 Å². The van der Waals surface area contributed by atoms with Crippen molar-refractivity contribution in [3.63, 3.8) is 0 Å². The Labute approximate surface area is 491 Å². The fourth-order valence-electron chi connectivity index (χ4n) is 15.1. The number of aromatic nitrogens is 2. The molecular weight excluding hydrogens is 1020 g/mol. The van der Waals surface area contributed by atoms with Crippen molar-refractivity contribution < 1.29 is 0 Å². The van der Waals surface area contributed by atoms with Crippen molar-refractivity contribution in [3.05, 3.63) is 252 Å². The monoisotopic (exact) mass is 1080 g/mol. The second kappa shape index (κ2) is 18.1. The number of rotatable bonds is 8.